The molecule has 2 nitrogen and oxygen atoms in total. The molecule has 0 radical (unpaired) electrons. The van der Waals surface area contributed by atoms with Crippen molar-refractivity contribution in [1.29, 1.82) is 0 Å². The Balaban J connectivity index is 3.08. The van der Waals surface area contributed by atoms with Crippen molar-refractivity contribution in [2.45, 2.75) is 52.2 Å². The van der Waals surface area contributed by atoms with Gasteiger partial charge in [-0.25, -0.2) is 0 Å². The quantitative estimate of drug-likeness (QED) is 0.849. The van der Waals surface area contributed by atoms with Crippen LogP contribution in [0.2, 0.25) is 5.02 Å². The van der Waals surface area contributed by atoms with Gasteiger partial charge in [0.25, 0.3) is 0 Å². The molecule has 1 aromatic carbocycles. The molecule has 0 aliphatic rings. The maximum absolute atomic E-state index is 6.20. The van der Waals surface area contributed by atoms with Crippen molar-refractivity contribution < 1.29 is 0 Å². The van der Waals surface area contributed by atoms with Crippen LogP contribution in [0.25, 0.3) is 0 Å². The molecular weight excluding hydrogens is 244 g/mol. The predicted molar refractivity (Wildman–Crippen MR) is 80.0 cm³/mol. The summed E-state index contributed by atoms with van der Waals surface area (Å²) in [4.78, 5) is 2.45. The first-order chi connectivity index (χ1) is 8.51. The fourth-order valence-electron chi connectivity index (χ4n) is 2.50. The van der Waals surface area contributed by atoms with Crippen LogP contribution in [0.15, 0.2) is 24.3 Å². The average molecular weight is 269 g/mol. The number of nitrogens with two attached hydrogens (primary N) is 1. The van der Waals surface area contributed by atoms with Gasteiger partial charge < -0.3 is 5.73 Å². The van der Waals surface area contributed by atoms with Crippen molar-refractivity contribution in [3.8, 4) is 0 Å². The normalized spacial score (nSPS) is 16.6. The molecule has 0 heterocycles. The third-order valence-electron chi connectivity index (χ3n) is 3.57. The van der Waals surface area contributed by atoms with E-state index in [0.29, 0.717) is 6.04 Å². The van der Waals surface area contributed by atoms with Crippen LogP contribution in [0.5, 0.6) is 0 Å². The maximum atomic E-state index is 6.20. The summed E-state index contributed by atoms with van der Waals surface area (Å²) < 4.78 is 0. The summed E-state index contributed by atoms with van der Waals surface area (Å²) >= 11 is 6.10. The van der Waals surface area contributed by atoms with Gasteiger partial charge in [-0.2, -0.15) is 0 Å². The number of hydrogen-bond acceptors (Lipinski definition) is 2. The van der Waals surface area contributed by atoms with E-state index >= 15 is 0 Å². The summed E-state index contributed by atoms with van der Waals surface area (Å²) in [6.07, 6.45) is 1.12. The van der Waals surface area contributed by atoms with Gasteiger partial charge in [0, 0.05) is 23.1 Å². The highest BCUT2D eigenvalue weighted by Gasteiger charge is 2.26. The molecule has 0 fully saturated rings. The summed E-state index contributed by atoms with van der Waals surface area (Å²) in [6, 6.07) is 8.87. The Morgan fingerprint density at radius 1 is 1.28 bits per heavy atom. The van der Waals surface area contributed by atoms with Crippen LogP contribution < -0.4 is 5.73 Å². The minimum atomic E-state index is 0.0809. The molecule has 0 amide bonds. The first-order valence-corrected chi connectivity index (χ1v) is 7.15. The summed E-state index contributed by atoms with van der Waals surface area (Å²) in [5, 5.41) is 0.776. The number of benzene rings is 1. The lowest BCUT2D eigenvalue weighted by Gasteiger charge is -2.38. The van der Waals surface area contributed by atoms with Crippen LogP contribution in [-0.4, -0.2) is 23.5 Å². The van der Waals surface area contributed by atoms with Gasteiger partial charge in [-0.1, -0.05) is 37.6 Å². The summed E-state index contributed by atoms with van der Waals surface area (Å²) in [6.45, 7) is 9.71. The number of hydrogen-bond donors (Lipinski definition) is 1. The average Bonchev–Trinajstić information content (AvgIpc) is 2.34. The molecule has 0 saturated heterocycles. The van der Waals surface area contributed by atoms with Gasteiger partial charge in [0.1, 0.15) is 0 Å². The molecule has 0 bridgehead atoms. The van der Waals surface area contributed by atoms with E-state index < -0.39 is 0 Å². The highest BCUT2D eigenvalue weighted by atomic mass is 35.5. The van der Waals surface area contributed by atoms with Crippen LogP contribution in [0, 0.1) is 0 Å². The van der Waals surface area contributed by atoms with Gasteiger partial charge in [-0.15, -0.1) is 0 Å². The van der Waals surface area contributed by atoms with E-state index in [4.69, 9.17) is 17.3 Å². The molecule has 0 aliphatic carbocycles. The summed E-state index contributed by atoms with van der Waals surface area (Å²) in [5.41, 5.74) is 7.41. The summed E-state index contributed by atoms with van der Waals surface area (Å²) in [5.74, 6) is 0. The molecule has 102 valence electrons. The van der Waals surface area contributed by atoms with Gasteiger partial charge in [0.15, 0.2) is 0 Å². The van der Waals surface area contributed by atoms with Crippen LogP contribution in [0.1, 0.15) is 45.7 Å². The van der Waals surface area contributed by atoms with E-state index in [1.165, 1.54) is 5.56 Å². The molecule has 3 atom stereocenters. The van der Waals surface area contributed by atoms with Crippen molar-refractivity contribution in [1.82, 2.24) is 4.90 Å². The first kappa shape index (κ1) is 15.5. The maximum Gasteiger partial charge on any atom is 0.0499 e. The second-order valence-electron chi connectivity index (χ2n) is 4.95. The lowest BCUT2D eigenvalue weighted by molar-refractivity contribution is 0.131. The SMILES string of the molecule is CCC(C)N(CC)C(c1cccc(Cl)c1)C(C)N. The Kier molecular flexibility index (Phi) is 6.13. The number of halogens is 1. The Morgan fingerprint density at radius 3 is 2.39 bits per heavy atom. The van der Waals surface area contributed by atoms with Crippen molar-refractivity contribution in [3.05, 3.63) is 34.9 Å². The monoisotopic (exact) mass is 268 g/mol. The standard InChI is InChI=1S/C15H25ClN2/c1-5-11(3)18(6-2)15(12(4)17)13-8-7-9-14(16)10-13/h7-12,15H,5-6,17H2,1-4H3. The third-order valence-corrected chi connectivity index (χ3v) is 3.80. The van der Waals surface area contributed by atoms with E-state index in [0.717, 1.165) is 18.0 Å². The fraction of sp³-hybridized carbons (Fsp3) is 0.600. The fourth-order valence-corrected chi connectivity index (χ4v) is 2.70. The molecule has 0 aromatic heterocycles. The zero-order chi connectivity index (χ0) is 13.7. The Hall–Kier alpha value is -0.570. The molecule has 18 heavy (non-hydrogen) atoms. The lowest BCUT2D eigenvalue weighted by Crippen LogP contribution is -2.43. The summed E-state index contributed by atoms with van der Waals surface area (Å²) in [7, 11) is 0. The van der Waals surface area contributed by atoms with Crippen LogP contribution in [0.4, 0.5) is 0 Å². The largest absolute Gasteiger partial charge is 0.326 e. The Bertz CT molecular complexity index is 365. The highest BCUT2D eigenvalue weighted by molar-refractivity contribution is 6.30. The van der Waals surface area contributed by atoms with E-state index in [1.54, 1.807) is 0 Å². The minimum absolute atomic E-state index is 0.0809. The van der Waals surface area contributed by atoms with Gasteiger partial charge in [0.05, 0.1) is 0 Å². The Morgan fingerprint density at radius 2 is 1.94 bits per heavy atom. The number of rotatable bonds is 6. The third kappa shape index (κ3) is 3.71. The molecule has 1 aromatic rings. The van der Waals surface area contributed by atoms with E-state index in [-0.39, 0.29) is 12.1 Å². The molecule has 0 saturated carbocycles. The molecule has 2 N–H and O–H groups in total. The molecule has 0 aliphatic heterocycles. The van der Waals surface area contributed by atoms with Crippen LogP contribution in [-0.2, 0) is 0 Å². The minimum Gasteiger partial charge on any atom is -0.326 e. The van der Waals surface area contributed by atoms with Crippen LogP contribution >= 0.6 is 11.6 Å². The second-order valence-corrected chi connectivity index (χ2v) is 5.38. The smallest absolute Gasteiger partial charge is 0.0499 e. The number of likely N-dealkylation sites (N-methyl/N-ethyl adjacent to an activating group) is 1. The topological polar surface area (TPSA) is 29.3 Å². The first-order valence-electron chi connectivity index (χ1n) is 6.78. The van der Waals surface area contributed by atoms with E-state index in [2.05, 4.69) is 38.7 Å². The molecule has 3 unspecified atom stereocenters. The van der Waals surface area contributed by atoms with Crippen LogP contribution in [0.3, 0.4) is 0 Å². The van der Waals surface area contributed by atoms with E-state index in [9.17, 15) is 0 Å². The van der Waals surface area contributed by atoms with Crippen molar-refractivity contribution in [2.24, 2.45) is 5.73 Å². The Labute approximate surface area is 116 Å². The van der Waals surface area contributed by atoms with E-state index in [1.807, 2.05) is 18.2 Å². The molecule has 3 heteroatoms. The van der Waals surface area contributed by atoms with Gasteiger partial charge in [-0.05, 0) is 44.5 Å². The molecule has 0 spiro atoms. The lowest BCUT2D eigenvalue weighted by atomic mass is 9.97. The van der Waals surface area contributed by atoms with Crippen molar-refractivity contribution in [3.63, 3.8) is 0 Å². The van der Waals surface area contributed by atoms with Crippen molar-refractivity contribution >= 4 is 11.6 Å². The zero-order valence-corrected chi connectivity index (χ0v) is 12.6. The van der Waals surface area contributed by atoms with Gasteiger partial charge >= 0.3 is 0 Å². The highest BCUT2D eigenvalue weighted by Crippen LogP contribution is 2.28. The zero-order valence-electron chi connectivity index (χ0n) is 11.9. The molecular formula is C15H25ClN2. The van der Waals surface area contributed by atoms with Gasteiger partial charge in [0.2, 0.25) is 0 Å². The van der Waals surface area contributed by atoms with Crippen molar-refractivity contribution in [2.75, 3.05) is 6.54 Å². The number of nitrogens with zero attached hydrogens (tertiary/aromatic N) is 1. The molecule has 1 rings (SSSR count). The van der Waals surface area contributed by atoms with Gasteiger partial charge in [-0.3, -0.25) is 4.90 Å². The second kappa shape index (κ2) is 7.13. The predicted octanol–water partition coefficient (Wildman–Crippen LogP) is 3.85.